The van der Waals surface area contributed by atoms with Gasteiger partial charge in [-0.1, -0.05) is 27.2 Å². The third-order valence-electron chi connectivity index (χ3n) is 3.88. The SMILES string of the molecule is CCCC1(CN)CCC(C)(C)CC1. The van der Waals surface area contributed by atoms with Crippen molar-refractivity contribution in [1.29, 1.82) is 0 Å². The van der Waals surface area contributed by atoms with E-state index < -0.39 is 0 Å². The second kappa shape index (κ2) is 4.00. The Balaban J connectivity index is 2.52. The Morgan fingerprint density at radius 3 is 2.00 bits per heavy atom. The van der Waals surface area contributed by atoms with Gasteiger partial charge in [0.15, 0.2) is 0 Å². The highest BCUT2D eigenvalue weighted by Crippen LogP contribution is 2.46. The first kappa shape index (κ1) is 11.0. The first-order valence-corrected chi connectivity index (χ1v) is 5.74. The van der Waals surface area contributed by atoms with Crippen LogP contribution in [-0.2, 0) is 0 Å². The predicted octanol–water partition coefficient (Wildman–Crippen LogP) is 3.33. The Labute approximate surface area is 83.1 Å². The summed E-state index contributed by atoms with van der Waals surface area (Å²) in [6, 6.07) is 0. The number of nitrogens with two attached hydrogens (primary N) is 1. The van der Waals surface area contributed by atoms with Crippen molar-refractivity contribution in [3.05, 3.63) is 0 Å². The van der Waals surface area contributed by atoms with Gasteiger partial charge < -0.3 is 5.73 Å². The molecular weight excluding hydrogens is 158 g/mol. The zero-order valence-corrected chi connectivity index (χ0v) is 9.53. The van der Waals surface area contributed by atoms with Crippen molar-refractivity contribution >= 4 is 0 Å². The Bertz CT molecular complexity index is 151. The van der Waals surface area contributed by atoms with Crippen LogP contribution in [0.15, 0.2) is 0 Å². The Morgan fingerprint density at radius 2 is 1.62 bits per heavy atom. The summed E-state index contributed by atoms with van der Waals surface area (Å²) in [5.74, 6) is 0. The predicted molar refractivity (Wildman–Crippen MR) is 58.6 cm³/mol. The monoisotopic (exact) mass is 183 g/mol. The van der Waals surface area contributed by atoms with Gasteiger partial charge >= 0.3 is 0 Å². The molecule has 0 heterocycles. The van der Waals surface area contributed by atoms with Gasteiger partial charge in [-0.3, -0.25) is 0 Å². The smallest absolute Gasteiger partial charge is 0.00205 e. The molecule has 1 rings (SSSR count). The number of hydrogen-bond acceptors (Lipinski definition) is 1. The van der Waals surface area contributed by atoms with E-state index >= 15 is 0 Å². The van der Waals surface area contributed by atoms with Crippen molar-refractivity contribution in [1.82, 2.24) is 0 Å². The van der Waals surface area contributed by atoms with Crippen molar-refractivity contribution in [2.75, 3.05) is 6.54 Å². The summed E-state index contributed by atoms with van der Waals surface area (Å²) in [4.78, 5) is 0. The molecule has 1 aliphatic carbocycles. The van der Waals surface area contributed by atoms with Gasteiger partial charge in [0.2, 0.25) is 0 Å². The fourth-order valence-electron chi connectivity index (χ4n) is 2.54. The number of rotatable bonds is 3. The van der Waals surface area contributed by atoms with Gasteiger partial charge in [-0.2, -0.15) is 0 Å². The average molecular weight is 183 g/mol. The third-order valence-corrected chi connectivity index (χ3v) is 3.88. The van der Waals surface area contributed by atoms with Gasteiger partial charge in [0.1, 0.15) is 0 Å². The van der Waals surface area contributed by atoms with Crippen LogP contribution in [0.2, 0.25) is 0 Å². The third kappa shape index (κ3) is 2.70. The molecule has 0 aromatic heterocycles. The van der Waals surface area contributed by atoms with Crippen molar-refractivity contribution in [3.63, 3.8) is 0 Å². The van der Waals surface area contributed by atoms with Crippen molar-refractivity contribution in [2.45, 2.75) is 59.3 Å². The van der Waals surface area contributed by atoms with Crippen molar-refractivity contribution in [3.8, 4) is 0 Å². The van der Waals surface area contributed by atoms with Crippen LogP contribution in [0.1, 0.15) is 59.3 Å². The minimum absolute atomic E-state index is 0.504. The summed E-state index contributed by atoms with van der Waals surface area (Å²) in [5, 5.41) is 0. The molecule has 1 aliphatic rings. The van der Waals surface area contributed by atoms with Crippen molar-refractivity contribution in [2.24, 2.45) is 16.6 Å². The van der Waals surface area contributed by atoms with Crippen LogP contribution >= 0.6 is 0 Å². The highest BCUT2D eigenvalue weighted by molar-refractivity contribution is 4.89. The van der Waals surface area contributed by atoms with Gasteiger partial charge in [0, 0.05) is 0 Å². The molecule has 0 spiro atoms. The maximum atomic E-state index is 5.91. The molecule has 1 fully saturated rings. The first-order chi connectivity index (χ1) is 6.04. The van der Waals surface area contributed by atoms with Crippen molar-refractivity contribution < 1.29 is 0 Å². The van der Waals surface area contributed by atoms with Crippen LogP contribution in [-0.4, -0.2) is 6.54 Å². The van der Waals surface area contributed by atoms with Gasteiger partial charge in [0.25, 0.3) is 0 Å². The summed E-state index contributed by atoms with van der Waals surface area (Å²) >= 11 is 0. The molecule has 0 unspecified atom stereocenters. The molecule has 0 bridgehead atoms. The standard InChI is InChI=1S/C12H25N/c1-4-5-12(10-13)8-6-11(2,3)7-9-12/h4-10,13H2,1-3H3. The van der Waals surface area contributed by atoms with Gasteiger partial charge in [-0.05, 0) is 49.5 Å². The second-order valence-corrected chi connectivity index (χ2v) is 5.62. The molecule has 0 aliphatic heterocycles. The normalized spacial score (nSPS) is 25.8. The molecule has 0 atom stereocenters. The van der Waals surface area contributed by atoms with Gasteiger partial charge in [-0.25, -0.2) is 0 Å². The lowest BCUT2D eigenvalue weighted by atomic mass is 9.63. The summed E-state index contributed by atoms with van der Waals surface area (Å²) in [5.41, 5.74) is 6.99. The topological polar surface area (TPSA) is 26.0 Å². The molecule has 0 radical (unpaired) electrons. The van der Waals surface area contributed by atoms with E-state index in [1.165, 1.54) is 38.5 Å². The van der Waals surface area contributed by atoms with Gasteiger partial charge in [-0.15, -0.1) is 0 Å². The van der Waals surface area contributed by atoms with Crippen LogP contribution in [0.25, 0.3) is 0 Å². The maximum Gasteiger partial charge on any atom is -0.00205 e. The Hall–Kier alpha value is -0.0400. The molecule has 0 saturated heterocycles. The number of hydrogen-bond donors (Lipinski definition) is 1. The molecule has 0 aromatic rings. The minimum atomic E-state index is 0.504. The summed E-state index contributed by atoms with van der Waals surface area (Å²) in [7, 11) is 0. The molecule has 1 nitrogen and oxygen atoms in total. The fourth-order valence-corrected chi connectivity index (χ4v) is 2.54. The molecule has 2 N–H and O–H groups in total. The van der Waals surface area contributed by atoms with E-state index in [1.807, 2.05) is 0 Å². The van der Waals surface area contributed by atoms with E-state index in [9.17, 15) is 0 Å². The fraction of sp³-hybridized carbons (Fsp3) is 1.00. The molecule has 13 heavy (non-hydrogen) atoms. The molecule has 78 valence electrons. The minimum Gasteiger partial charge on any atom is -0.330 e. The molecule has 0 amide bonds. The van der Waals surface area contributed by atoms with E-state index in [-0.39, 0.29) is 0 Å². The molecule has 1 saturated carbocycles. The lowest BCUT2D eigenvalue weighted by Crippen LogP contribution is -2.37. The highest BCUT2D eigenvalue weighted by Gasteiger charge is 2.36. The first-order valence-electron chi connectivity index (χ1n) is 5.74. The zero-order valence-electron chi connectivity index (χ0n) is 9.53. The van der Waals surface area contributed by atoms with E-state index in [4.69, 9.17) is 5.73 Å². The van der Waals surface area contributed by atoms with Gasteiger partial charge in [0.05, 0.1) is 0 Å². The second-order valence-electron chi connectivity index (χ2n) is 5.62. The summed E-state index contributed by atoms with van der Waals surface area (Å²) in [6.07, 6.45) is 8.06. The van der Waals surface area contributed by atoms with E-state index in [0.29, 0.717) is 10.8 Å². The molecule has 1 heteroatoms. The highest BCUT2D eigenvalue weighted by atomic mass is 14.6. The Morgan fingerprint density at radius 1 is 1.08 bits per heavy atom. The average Bonchev–Trinajstić information content (AvgIpc) is 2.10. The maximum absolute atomic E-state index is 5.91. The summed E-state index contributed by atoms with van der Waals surface area (Å²) in [6.45, 7) is 7.95. The lowest BCUT2D eigenvalue weighted by molar-refractivity contribution is 0.0987. The largest absolute Gasteiger partial charge is 0.330 e. The summed E-state index contributed by atoms with van der Waals surface area (Å²) < 4.78 is 0. The van der Waals surface area contributed by atoms with Crippen LogP contribution < -0.4 is 5.73 Å². The van der Waals surface area contributed by atoms with Crippen LogP contribution in [0.4, 0.5) is 0 Å². The molecular formula is C12H25N. The Kier molecular flexibility index (Phi) is 3.39. The molecule has 0 aromatic carbocycles. The zero-order chi connectivity index (χ0) is 9.95. The lowest BCUT2D eigenvalue weighted by Gasteiger charge is -2.43. The van der Waals surface area contributed by atoms with Crippen LogP contribution in [0.5, 0.6) is 0 Å². The van der Waals surface area contributed by atoms with E-state index in [1.54, 1.807) is 0 Å². The quantitative estimate of drug-likeness (QED) is 0.713. The van der Waals surface area contributed by atoms with E-state index in [2.05, 4.69) is 20.8 Å². The van der Waals surface area contributed by atoms with Crippen LogP contribution in [0.3, 0.4) is 0 Å². The van der Waals surface area contributed by atoms with E-state index in [0.717, 1.165) is 6.54 Å². The van der Waals surface area contributed by atoms with Crippen LogP contribution in [0, 0.1) is 10.8 Å².